The second-order valence-corrected chi connectivity index (χ2v) is 9.77. The number of fused-ring (bicyclic) bond motifs is 1. The van der Waals surface area contributed by atoms with E-state index >= 15 is 0 Å². The number of methoxy groups -OCH3 is 1. The Hall–Kier alpha value is -2.58. The number of aromatic nitrogens is 2. The maximum atomic E-state index is 12.6. The van der Waals surface area contributed by atoms with Crippen LogP contribution in [-0.2, 0) is 22.4 Å². The summed E-state index contributed by atoms with van der Waals surface area (Å²) in [7, 11) is 1.41. The highest BCUT2D eigenvalue weighted by Crippen LogP contribution is 2.43. The summed E-state index contributed by atoms with van der Waals surface area (Å²) in [6.07, 6.45) is 7.00. The maximum Gasteiger partial charge on any atom is 0.414 e. The van der Waals surface area contributed by atoms with Crippen LogP contribution in [0, 0.1) is 5.92 Å². The molecule has 3 heterocycles. The summed E-state index contributed by atoms with van der Waals surface area (Å²) >= 11 is 0. The lowest BCUT2D eigenvalue weighted by atomic mass is 9.92. The van der Waals surface area contributed by atoms with Crippen molar-refractivity contribution in [3.63, 3.8) is 0 Å². The van der Waals surface area contributed by atoms with Crippen molar-refractivity contribution in [1.82, 2.24) is 9.78 Å². The minimum Gasteiger partial charge on any atom is -0.492 e. The SMILES string of the molecule is COC(=O)N1c2ccc(-c3cnn(CC(C)(C)O)c3)c(OCC3CCOCC3)c2CCC1C. The third-order valence-corrected chi connectivity index (χ3v) is 6.42. The number of aliphatic hydroxyl groups is 1. The fourth-order valence-corrected chi connectivity index (χ4v) is 4.67. The van der Waals surface area contributed by atoms with E-state index in [0.29, 0.717) is 19.1 Å². The van der Waals surface area contributed by atoms with Crippen LogP contribution in [0.1, 0.15) is 45.6 Å². The van der Waals surface area contributed by atoms with E-state index in [4.69, 9.17) is 14.2 Å². The van der Waals surface area contributed by atoms with E-state index in [0.717, 1.165) is 67.0 Å². The van der Waals surface area contributed by atoms with Crippen molar-refractivity contribution in [2.75, 3.05) is 31.8 Å². The first kappa shape index (κ1) is 23.6. The largest absolute Gasteiger partial charge is 0.492 e. The summed E-state index contributed by atoms with van der Waals surface area (Å²) in [6.45, 7) is 8.10. The molecule has 0 radical (unpaired) electrons. The van der Waals surface area contributed by atoms with Crippen molar-refractivity contribution >= 4 is 11.8 Å². The van der Waals surface area contributed by atoms with Gasteiger partial charge in [-0.05, 0) is 64.5 Å². The molecule has 1 aromatic carbocycles. The van der Waals surface area contributed by atoms with Crippen LogP contribution in [-0.4, -0.2) is 59.6 Å². The average Bonchev–Trinajstić information content (AvgIpc) is 3.23. The Balaban J connectivity index is 1.72. The van der Waals surface area contributed by atoms with Gasteiger partial charge in [0.1, 0.15) is 5.75 Å². The minimum absolute atomic E-state index is 0.0497. The van der Waals surface area contributed by atoms with E-state index in [1.165, 1.54) is 7.11 Å². The van der Waals surface area contributed by atoms with Crippen molar-refractivity contribution in [3.05, 3.63) is 30.1 Å². The number of rotatable bonds is 6. The highest BCUT2D eigenvalue weighted by atomic mass is 16.5. The molecule has 0 bridgehead atoms. The Morgan fingerprint density at radius 2 is 2.03 bits per heavy atom. The highest BCUT2D eigenvalue weighted by molar-refractivity contribution is 5.92. The van der Waals surface area contributed by atoms with Crippen LogP contribution in [0.4, 0.5) is 10.5 Å². The Labute approximate surface area is 195 Å². The molecule has 0 saturated carbocycles. The maximum absolute atomic E-state index is 12.6. The molecular formula is C25H35N3O5. The monoisotopic (exact) mass is 457 g/mol. The predicted molar refractivity (Wildman–Crippen MR) is 126 cm³/mol. The Morgan fingerprint density at radius 3 is 2.73 bits per heavy atom. The summed E-state index contributed by atoms with van der Waals surface area (Å²) in [6, 6.07) is 4.03. The van der Waals surface area contributed by atoms with Crippen LogP contribution in [0.2, 0.25) is 0 Å². The first-order valence-electron chi connectivity index (χ1n) is 11.8. The molecule has 1 atom stereocenters. The second-order valence-electron chi connectivity index (χ2n) is 9.77. The van der Waals surface area contributed by atoms with E-state index < -0.39 is 5.60 Å². The van der Waals surface area contributed by atoms with Gasteiger partial charge in [-0.25, -0.2) is 4.79 Å². The first-order valence-corrected chi connectivity index (χ1v) is 11.8. The van der Waals surface area contributed by atoms with E-state index in [1.807, 2.05) is 25.3 Å². The number of anilines is 1. The molecule has 1 unspecified atom stereocenters. The summed E-state index contributed by atoms with van der Waals surface area (Å²) in [5, 5.41) is 14.6. The van der Waals surface area contributed by atoms with Crippen LogP contribution in [0.5, 0.6) is 5.75 Å². The van der Waals surface area contributed by atoms with Gasteiger partial charge >= 0.3 is 6.09 Å². The van der Waals surface area contributed by atoms with Gasteiger partial charge in [0.25, 0.3) is 0 Å². The molecule has 1 aromatic heterocycles. The number of nitrogens with zero attached hydrogens (tertiary/aromatic N) is 3. The number of carbonyl (C=O) groups excluding carboxylic acids is 1. The molecule has 1 N–H and O–H groups in total. The van der Waals surface area contributed by atoms with Crippen LogP contribution in [0.15, 0.2) is 24.5 Å². The van der Waals surface area contributed by atoms with Gasteiger partial charge in [0.2, 0.25) is 0 Å². The van der Waals surface area contributed by atoms with Crippen LogP contribution in [0.3, 0.4) is 0 Å². The zero-order valence-electron chi connectivity index (χ0n) is 20.0. The van der Waals surface area contributed by atoms with Gasteiger partial charge in [-0.2, -0.15) is 5.10 Å². The molecule has 2 aromatic rings. The lowest BCUT2D eigenvalue weighted by Gasteiger charge is -2.35. The van der Waals surface area contributed by atoms with Crippen molar-refractivity contribution in [2.24, 2.45) is 5.92 Å². The average molecular weight is 458 g/mol. The van der Waals surface area contributed by atoms with Crippen LogP contribution < -0.4 is 9.64 Å². The zero-order chi connectivity index (χ0) is 23.6. The number of hydrogen-bond donors (Lipinski definition) is 1. The summed E-state index contributed by atoms with van der Waals surface area (Å²) in [5.74, 6) is 1.25. The van der Waals surface area contributed by atoms with E-state index in [-0.39, 0.29) is 12.1 Å². The molecule has 1 amide bonds. The summed E-state index contributed by atoms with van der Waals surface area (Å²) in [5.41, 5.74) is 2.88. The minimum atomic E-state index is -0.862. The molecule has 33 heavy (non-hydrogen) atoms. The number of hydrogen-bond acceptors (Lipinski definition) is 6. The smallest absolute Gasteiger partial charge is 0.414 e. The Morgan fingerprint density at radius 1 is 1.27 bits per heavy atom. The standard InChI is InChI=1S/C25H35N3O5/c1-17-5-6-21-22(28(17)24(29)31-4)8-7-20(19-13-26-27(14-19)16-25(2,3)30)23(21)33-15-18-9-11-32-12-10-18/h7-8,13-14,17-18,30H,5-6,9-12,15-16H2,1-4H3. The van der Waals surface area contributed by atoms with Crippen LogP contribution >= 0.6 is 0 Å². The van der Waals surface area contributed by atoms with Gasteiger partial charge in [0.05, 0.1) is 37.7 Å². The van der Waals surface area contributed by atoms with E-state index in [9.17, 15) is 9.90 Å². The highest BCUT2D eigenvalue weighted by Gasteiger charge is 2.32. The van der Waals surface area contributed by atoms with Gasteiger partial charge in [0.15, 0.2) is 0 Å². The molecule has 8 heteroatoms. The molecule has 8 nitrogen and oxygen atoms in total. The van der Waals surface area contributed by atoms with Gasteiger partial charge in [-0.15, -0.1) is 0 Å². The van der Waals surface area contributed by atoms with Crippen molar-refractivity contribution in [1.29, 1.82) is 0 Å². The van der Waals surface area contributed by atoms with Crippen molar-refractivity contribution in [2.45, 2.75) is 64.6 Å². The fraction of sp³-hybridized carbons (Fsp3) is 0.600. The van der Waals surface area contributed by atoms with Gasteiger partial charge in [0, 0.05) is 42.1 Å². The molecular weight excluding hydrogens is 422 g/mol. The summed E-state index contributed by atoms with van der Waals surface area (Å²) in [4.78, 5) is 14.3. The molecule has 0 spiro atoms. The van der Waals surface area contributed by atoms with Crippen LogP contribution in [0.25, 0.3) is 11.1 Å². The number of ether oxygens (including phenoxy) is 3. The molecule has 1 saturated heterocycles. The molecule has 4 rings (SSSR count). The van der Waals surface area contributed by atoms with Gasteiger partial charge in [-0.3, -0.25) is 9.58 Å². The normalized spacial score (nSPS) is 19.3. The Bertz CT molecular complexity index is 975. The van der Waals surface area contributed by atoms with Crippen molar-refractivity contribution in [3.8, 4) is 16.9 Å². The lowest BCUT2D eigenvalue weighted by molar-refractivity contribution is 0.0497. The third kappa shape index (κ3) is 5.33. The van der Waals surface area contributed by atoms with Gasteiger partial charge in [-0.1, -0.05) is 0 Å². The predicted octanol–water partition coefficient (Wildman–Crippen LogP) is 4.03. The second kappa shape index (κ2) is 9.73. The Kier molecular flexibility index (Phi) is 6.95. The quantitative estimate of drug-likeness (QED) is 0.705. The van der Waals surface area contributed by atoms with Gasteiger partial charge < -0.3 is 19.3 Å². The molecule has 0 aliphatic carbocycles. The number of carbonyl (C=O) groups is 1. The molecule has 1 fully saturated rings. The summed E-state index contributed by atoms with van der Waals surface area (Å²) < 4.78 is 18.8. The zero-order valence-corrected chi connectivity index (χ0v) is 20.0. The van der Waals surface area contributed by atoms with E-state index in [1.54, 1.807) is 29.6 Å². The topological polar surface area (TPSA) is 86.1 Å². The van der Waals surface area contributed by atoms with Crippen molar-refractivity contribution < 1.29 is 24.1 Å². The molecule has 180 valence electrons. The van der Waals surface area contributed by atoms with E-state index in [2.05, 4.69) is 5.10 Å². The number of benzene rings is 1. The first-order chi connectivity index (χ1) is 15.8. The molecule has 2 aliphatic heterocycles. The fourth-order valence-electron chi connectivity index (χ4n) is 4.67. The lowest BCUT2D eigenvalue weighted by Crippen LogP contribution is -2.42. The molecule has 2 aliphatic rings. The third-order valence-electron chi connectivity index (χ3n) is 6.42. The number of amides is 1.